The summed E-state index contributed by atoms with van der Waals surface area (Å²) in [6.07, 6.45) is 4.58. The van der Waals surface area contributed by atoms with Crippen LogP contribution in [0.25, 0.3) is 0 Å². The van der Waals surface area contributed by atoms with Gasteiger partial charge in [0.25, 0.3) is 5.91 Å². The zero-order chi connectivity index (χ0) is 7.84. The van der Waals surface area contributed by atoms with Crippen LogP contribution < -0.4 is 5.32 Å². The lowest BCUT2D eigenvalue weighted by Crippen LogP contribution is -2.38. The van der Waals surface area contributed by atoms with Gasteiger partial charge in [-0.15, -0.1) is 0 Å². The summed E-state index contributed by atoms with van der Waals surface area (Å²) in [5.41, 5.74) is 1.92. The van der Waals surface area contributed by atoms with Crippen LogP contribution in [-0.4, -0.2) is 16.9 Å². The van der Waals surface area contributed by atoms with E-state index < -0.39 is 0 Å². The Balaban J connectivity index is 2.44. The molecule has 1 unspecified atom stereocenters. The molecular formula is C8H10N2O. The van der Waals surface area contributed by atoms with Gasteiger partial charge in [-0.1, -0.05) is 0 Å². The van der Waals surface area contributed by atoms with Gasteiger partial charge in [-0.05, 0) is 18.9 Å². The molecule has 58 valence electrons. The highest BCUT2D eigenvalue weighted by Gasteiger charge is 2.21. The van der Waals surface area contributed by atoms with Crippen molar-refractivity contribution in [2.75, 3.05) is 0 Å². The third-order valence-electron chi connectivity index (χ3n) is 1.98. The van der Waals surface area contributed by atoms with Crippen LogP contribution in [0.2, 0.25) is 0 Å². The van der Waals surface area contributed by atoms with Gasteiger partial charge in [0, 0.05) is 18.4 Å². The van der Waals surface area contributed by atoms with Gasteiger partial charge in [0.2, 0.25) is 0 Å². The fraction of sp³-hybridized carbons (Fsp3) is 0.375. The van der Waals surface area contributed by atoms with Gasteiger partial charge < -0.3 is 10.3 Å². The maximum Gasteiger partial charge on any atom is 0.253 e. The average Bonchev–Trinajstić information content (AvgIpc) is 2.34. The van der Waals surface area contributed by atoms with Crippen molar-refractivity contribution in [3.8, 4) is 0 Å². The molecule has 1 aromatic heterocycles. The Labute approximate surface area is 64.8 Å². The number of hydrogen-bond acceptors (Lipinski definition) is 1. The second kappa shape index (κ2) is 2.12. The minimum atomic E-state index is 0.0417. The first kappa shape index (κ1) is 6.46. The molecule has 2 rings (SSSR count). The van der Waals surface area contributed by atoms with Gasteiger partial charge in [0.1, 0.15) is 0 Å². The maximum absolute atomic E-state index is 11.2. The van der Waals surface area contributed by atoms with Crippen molar-refractivity contribution in [2.24, 2.45) is 0 Å². The lowest BCUT2D eigenvalue weighted by molar-refractivity contribution is 0.0930. The van der Waals surface area contributed by atoms with E-state index >= 15 is 0 Å². The standard InChI is InChI=1S/C8H10N2O/c1-5-2-6-3-9-4-7(6)8(11)10-5/h3-5,9H,2H2,1H3,(H,10,11). The molecule has 0 fully saturated rings. The second-order valence-electron chi connectivity index (χ2n) is 2.97. The Bertz CT molecular complexity index is 290. The van der Waals surface area contributed by atoms with Crippen molar-refractivity contribution < 1.29 is 4.79 Å². The first-order valence-corrected chi connectivity index (χ1v) is 3.74. The van der Waals surface area contributed by atoms with Crippen LogP contribution in [0, 0.1) is 0 Å². The molecule has 0 radical (unpaired) electrons. The number of amides is 1. The van der Waals surface area contributed by atoms with Crippen LogP contribution >= 0.6 is 0 Å². The smallest absolute Gasteiger partial charge is 0.253 e. The van der Waals surface area contributed by atoms with Crippen LogP contribution in [0.15, 0.2) is 12.4 Å². The summed E-state index contributed by atoms with van der Waals surface area (Å²) < 4.78 is 0. The maximum atomic E-state index is 11.2. The molecule has 0 bridgehead atoms. The normalized spacial score (nSPS) is 22.6. The lowest BCUT2D eigenvalue weighted by atomic mass is 10.0. The number of fused-ring (bicyclic) bond motifs is 1. The second-order valence-corrected chi connectivity index (χ2v) is 2.97. The van der Waals surface area contributed by atoms with Crippen molar-refractivity contribution >= 4 is 5.91 Å². The summed E-state index contributed by atoms with van der Waals surface area (Å²) in [4.78, 5) is 14.2. The molecule has 0 saturated heterocycles. The van der Waals surface area contributed by atoms with Crippen molar-refractivity contribution in [1.29, 1.82) is 0 Å². The Hall–Kier alpha value is -1.25. The highest BCUT2D eigenvalue weighted by atomic mass is 16.1. The van der Waals surface area contributed by atoms with Gasteiger partial charge in [-0.3, -0.25) is 4.79 Å². The Morgan fingerprint density at radius 2 is 2.36 bits per heavy atom. The third kappa shape index (κ3) is 0.926. The molecular weight excluding hydrogens is 140 g/mol. The number of nitrogens with one attached hydrogen (secondary N) is 2. The fourth-order valence-electron chi connectivity index (χ4n) is 1.46. The molecule has 1 aliphatic rings. The summed E-state index contributed by atoms with van der Waals surface area (Å²) in [6.45, 7) is 2.01. The van der Waals surface area contributed by atoms with Gasteiger partial charge in [0.05, 0.1) is 5.56 Å². The number of aromatic amines is 1. The summed E-state index contributed by atoms with van der Waals surface area (Å²) >= 11 is 0. The predicted molar refractivity (Wildman–Crippen MR) is 41.4 cm³/mol. The highest BCUT2D eigenvalue weighted by molar-refractivity contribution is 5.96. The van der Waals surface area contributed by atoms with Gasteiger partial charge in [-0.25, -0.2) is 0 Å². The Morgan fingerprint density at radius 3 is 3.18 bits per heavy atom. The fourth-order valence-corrected chi connectivity index (χ4v) is 1.46. The number of carbonyl (C=O) groups is 1. The minimum Gasteiger partial charge on any atom is -0.367 e. The summed E-state index contributed by atoms with van der Waals surface area (Å²) in [5, 5.41) is 2.86. The number of H-pyrrole nitrogens is 1. The third-order valence-corrected chi connectivity index (χ3v) is 1.98. The number of aromatic nitrogens is 1. The van der Waals surface area contributed by atoms with Crippen LogP contribution in [0.1, 0.15) is 22.8 Å². The number of rotatable bonds is 0. The molecule has 0 saturated carbocycles. The van der Waals surface area contributed by atoms with E-state index in [1.807, 2.05) is 13.1 Å². The topological polar surface area (TPSA) is 44.9 Å². The van der Waals surface area contributed by atoms with Crippen molar-refractivity contribution in [1.82, 2.24) is 10.3 Å². The van der Waals surface area contributed by atoms with Crippen molar-refractivity contribution in [3.63, 3.8) is 0 Å². The number of carbonyl (C=O) groups excluding carboxylic acids is 1. The van der Waals surface area contributed by atoms with E-state index in [0.717, 1.165) is 17.5 Å². The number of hydrogen-bond donors (Lipinski definition) is 2. The van der Waals surface area contributed by atoms with E-state index in [0.29, 0.717) is 0 Å². The van der Waals surface area contributed by atoms with E-state index in [-0.39, 0.29) is 11.9 Å². The molecule has 3 heteroatoms. The first-order chi connectivity index (χ1) is 5.27. The Morgan fingerprint density at radius 1 is 1.55 bits per heavy atom. The molecule has 0 aromatic carbocycles. The average molecular weight is 150 g/mol. The molecule has 1 aliphatic heterocycles. The van der Waals surface area contributed by atoms with E-state index in [2.05, 4.69) is 10.3 Å². The van der Waals surface area contributed by atoms with Crippen LogP contribution in [0.3, 0.4) is 0 Å². The monoisotopic (exact) mass is 150 g/mol. The summed E-state index contributed by atoms with van der Waals surface area (Å²) in [7, 11) is 0. The minimum absolute atomic E-state index is 0.0417. The van der Waals surface area contributed by atoms with Crippen molar-refractivity contribution in [2.45, 2.75) is 19.4 Å². The molecule has 1 atom stereocenters. The molecule has 1 aromatic rings. The summed E-state index contributed by atoms with van der Waals surface area (Å²) in [6, 6.07) is 0.269. The Kier molecular flexibility index (Phi) is 1.24. The molecule has 1 amide bonds. The molecule has 2 N–H and O–H groups in total. The predicted octanol–water partition coefficient (Wildman–Crippen LogP) is 0.689. The zero-order valence-electron chi connectivity index (χ0n) is 6.35. The van der Waals surface area contributed by atoms with Gasteiger partial charge in [-0.2, -0.15) is 0 Å². The van der Waals surface area contributed by atoms with Crippen molar-refractivity contribution in [3.05, 3.63) is 23.5 Å². The van der Waals surface area contributed by atoms with E-state index in [9.17, 15) is 4.79 Å². The molecule has 3 nitrogen and oxygen atoms in total. The quantitative estimate of drug-likeness (QED) is 0.561. The van der Waals surface area contributed by atoms with E-state index in [1.54, 1.807) is 6.20 Å². The molecule has 0 spiro atoms. The van der Waals surface area contributed by atoms with Gasteiger partial charge in [0.15, 0.2) is 0 Å². The zero-order valence-corrected chi connectivity index (χ0v) is 6.35. The lowest BCUT2D eigenvalue weighted by Gasteiger charge is -2.19. The van der Waals surface area contributed by atoms with Crippen LogP contribution in [0.4, 0.5) is 0 Å². The van der Waals surface area contributed by atoms with E-state index in [4.69, 9.17) is 0 Å². The largest absolute Gasteiger partial charge is 0.367 e. The SMILES string of the molecule is CC1Cc2c[nH]cc2C(=O)N1. The van der Waals surface area contributed by atoms with Crippen LogP contribution in [0.5, 0.6) is 0 Å². The van der Waals surface area contributed by atoms with Crippen LogP contribution in [-0.2, 0) is 6.42 Å². The summed E-state index contributed by atoms with van der Waals surface area (Å²) in [5.74, 6) is 0.0417. The highest BCUT2D eigenvalue weighted by Crippen LogP contribution is 2.14. The molecule has 0 aliphatic carbocycles. The molecule has 11 heavy (non-hydrogen) atoms. The molecule has 2 heterocycles. The van der Waals surface area contributed by atoms with E-state index in [1.165, 1.54) is 0 Å². The first-order valence-electron chi connectivity index (χ1n) is 3.74. The van der Waals surface area contributed by atoms with Gasteiger partial charge >= 0.3 is 0 Å².